The van der Waals surface area contributed by atoms with Crippen LogP contribution in [0, 0.1) is 5.92 Å². The van der Waals surface area contributed by atoms with E-state index in [4.69, 9.17) is 32.4 Å². The lowest BCUT2D eigenvalue weighted by Crippen LogP contribution is -2.58. The molecule has 0 aliphatic heterocycles. The van der Waals surface area contributed by atoms with Crippen LogP contribution < -0.4 is 20.7 Å². The van der Waals surface area contributed by atoms with Crippen molar-refractivity contribution in [2.45, 2.75) is 89.1 Å². The first-order valence-electron chi connectivity index (χ1n) is 15.1. The van der Waals surface area contributed by atoms with E-state index in [1.165, 1.54) is 45.2 Å². The maximum Gasteiger partial charge on any atom is 0.416 e. The average molecular weight is 759 g/mol. The third-order valence-corrected chi connectivity index (χ3v) is 13.5. The largest absolute Gasteiger partial charge is 0.497 e. The summed E-state index contributed by atoms with van der Waals surface area (Å²) < 4.78 is 82.4. The number of carbonyl (C=O) groups excluding carboxylic acids is 3. The lowest BCUT2D eigenvalue weighted by atomic mass is 9.96. The minimum Gasteiger partial charge on any atom is -0.497 e. The summed E-state index contributed by atoms with van der Waals surface area (Å²) in [5, 5.41) is 15.8. The number of carbonyl (C=O) groups is 3. The Bertz CT molecular complexity index is 1470. The molecule has 4 atom stereocenters. The van der Waals surface area contributed by atoms with Gasteiger partial charge < -0.3 is 30.2 Å². The molecule has 2 aromatic carbocycles. The smallest absolute Gasteiger partial charge is 0.416 e. The Kier molecular flexibility index (Phi) is 14.1. The van der Waals surface area contributed by atoms with Gasteiger partial charge in [0.2, 0.25) is 11.8 Å². The highest BCUT2D eigenvalue weighted by atomic mass is 35.5. The van der Waals surface area contributed by atoms with E-state index in [9.17, 15) is 32.7 Å². The minimum atomic E-state index is -5.09. The van der Waals surface area contributed by atoms with Crippen molar-refractivity contribution < 1.29 is 50.6 Å². The number of halogens is 7. The van der Waals surface area contributed by atoms with Gasteiger partial charge in [0.05, 0.1) is 29.8 Å². The lowest BCUT2D eigenvalue weighted by molar-refractivity contribution is -0.215. The van der Waals surface area contributed by atoms with Gasteiger partial charge in [0.1, 0.15) is 17.8 Å². The molecule has 9 nitrogen and oxygen atoms in total. The van der Waals surface area contributed by atoms with Crippen LogP contribution in [0.1, 0.15) is 51.8 Å². The van der Waals surface area contributed by atoms with Crippen molar-refractivity contribution in [3.05, 3.63) is 63.6 Å². The van der Waals surface area contributed by atoms with Crippen LogP contribution in [-0.4, -0.2) is 69.2 Å². The van der Waals surface area contributed by atoms with Crippen LogP contribution in [0.5, 0.6) is 5.75 Å². The van der Waals surface area contributed by atoms with Crippen LogP contribution in [0.3, 0.4) is 0 Å². The number of benzene rings is 2. The minimum absolute atomic E-state index is 0.0352. The summed E-state index contributed by atoms with van der Waals surface area (Å²) in [6, 6.07) is 2.95. The zero-order valence-electron chi connectivity index (χ0n) is 28.3. The predicted octanol–water partition coefficient (Wildman–Crippen LogP) is 6.52. The average Bonchev–Trinajstić information content (AvgIpc) is 3.00. The molecule has 0 aromatic heterocycles. The first-order valence-corrected chi connectivity index (χ1v) is 18.8. The van der Waals surface area contributed by atoms with Crippen LogP contribution >= 0.6 is 23.2 Å². The number of methoxy groups -OCH3 is 1. The molecular weight excluding hydrogens is 716 g/mol. The lowest BCUT2D eigenvalue weighted by Gasteiger charge is -2.37. The maximum atomic E-state index is 15.4. The Labute approximate surface area is 293 Å². The summed E-state index contributed by atoms with van der Waals surface area (Å²) >= 11 is 11.7. The molecular formula is C32H42Cl2F5N3O6Si. The number of nitrogens with one attached hydrogen (secondary N) is 3. The normalized spacial score (nSPS) is 15.2. The molecule has 274 valence electrons. The molecule has 49 heavy (non-hydrogen) atoms. The topological polar surface area (TPSA) is 126 Å². The van der Waals surface area contributed by atoms with Gasteiger partial charge in [0.25, 0.3) is 5.91 Å². The zero-order chi connectivity index (χ0) is 37.7. The van der Waals surface area contributed by atoms with E-state index in [1.807, 2.05) is 39.2 Å². The highest BCUT2D eigenvalue weighted by molar-refractivity contribution is 6.74. The monoisotopic (exact) mass is 757 g/mol. The Hall–Kier alpha value is -2.98. The standard InChI is InChI=1S/C32H42Cl2F5N3O6Si/c1-17(2)24(26(43)32(37,38)39)41-28(45)25(18-9-12-20(47-6)13-10-18)42-27(44)23(16-48-49(7,8)30(3,4)5)40-29(46)31(35,36)19-11-14-21(33)22(34)15-19/h9-15,17,23-26,43H,16H2,1-8H3,(H,40,46)(H,41,45)(H,42,44). The van der Waals surface area contributed by atoms with Crippen molar-refractivity contribution in [1.29, 1.82) is 0 Å². The fraction of sp³-hybridized carbons (Fsp3) is 0.531. The Balaban J connectivity index is 2.54. The summed E-state index contributed by atoms with van der Waals surface area (Å²) in [5.74, 6) is -9.00. The summed E-state index contributed by atoms with van der Waals surface area (Å²) in [6.45, 7) is 11.4. The van der Waals surface area contributed by atoms with Gasteiger partial charge >= 0.3 is 12.1 Å². The van der Waals surface area contributed by atoms with Gasteiger partial charge in [0.15, 0.2) is 14.4 Å². The van der Waals surface area contributed by atoms with Gasteiger partial charge in [-0.05, 0) is 53.9 Å². The van der Waals surface area contributed by atoms with Crippen LogP contribution in [0.2, 0.25) is 28.2 Å². The third kappa shape index (κ3) is 11.0. The molecule has 0 bridgehead atoms. The number of hydrogen-bond acceptors (Lipinski definition) is 6. The molecule has 4 unspecified atom stereocenters. The van der Waals surface area contributed by atoms with Gasteiger partial charge in [0, 0.05) is 5.56 Å². The maximum absolute atomic E-state index is 15.4. The Morgan fingerprint density at radius 1 is 0.878 bits per heavy atom. The summed E-state index contributed by atoms with van der Waals surface area (Å²) in [5.41, 5.74) is -0.755. The molecule has 4 N–H and O–H groups in total. The zero-order valence-corrected chi connectivity index (χ0v) is 30.8. The molecule has 17 heteroatoms. The van der Waals surface area contributed by atoms with Crippen molar-refractivity contribution in [3.8, 4) is 5.75 Å². The molecule has 0 fully saturated rings. The fourth-order valence-electron chi connectivity index (χ4n) is 4.16. The summed E-state index contributed by atoms with van der Waals surface area (Å²) in [4.78, 5) is 40.5. The van der Waals surface area contributed by atoms with Gasteiger partial charge in [-0.2, -0.15) is 22.0 Å². The van der Waals surface area contributed by atoms with Crippen molar-refractivity contribution in [2.75, 3.05) is 13.7 Å². The van der Waals surface area contributed by atoms with E-state index in [1.54, 1.807) is 0 Å². The molecule has 2 aromatic rings. The SMILES string of the molecule is COc1ccc(C(NC(=O)C(CO[Si](C)(C)C(C)(C)C)NC(=O)C(F)(F)c2ccc(Cl)c(Cl)c2)C(=O)NC(C(C)C)C(O)C(F)(F)F)cc1. The van der Waals surface area contributed by atoms with Crippen LogP contribution in [-0.2, 0) is 24.7 Å². The highest BCUT2D eigenvalue weighted by Crippen LogP contribution is 2.37. The first-order chi connectivity index (χ1) is 22.3. The van der Waals surface area contributed by atoms with Gasteiger partial charge in [-0.1, -0.05) is 76.0 Å². The van der Waals surface area contributed by atoms with Gasteiger partial charge in [-0.25, -0.2) is 0 Å². The van der Waals surface area contributed by atoms with E-state index in [-0.39, 0.29) is 15.6 Å². The van der Waals surface area contributed by atoms with E-state index in [2.05, 4.69) is 10.6 Å². The highest BCUT2D eigenvalue weighted by Gasteiger charge is 2.47. The van der Waals surface area contributed by atoms with Crippen molar-refractivity contribution in [1.82, 2.24) is 16.0 Å². The number of aliphatic hydroxyl groups is 1. The van der Waals surface area contributed by atoms with Crippen LogP contribution in [0.4, 0.5) is 22.0 Å². The van der Waals surface area contributed by atoms with Crippen molar-refractivity contribution >= 4 is 49.2 Å². The molecule has 0 radical (unpaired) electrons. The quantitative estimate of drug-likeness (QED) is 0.129. The van der Waals surface area contributed by atoms with Crippen molar-refractivity contribution in [2.24, 2.45) is 5.92 Å². The molecule has 0 aliphatic carbocycles. The third-order valence-electron chi connectivity index (χ3n) is 8.31. The summed E-state index contributed by atoms with van der Waals surface area (Å²) in [6.07, 6.45) is -8.03. The van der Waals surface area contributed by atoms with Crippen LogP contribution in [0.15, 0.2) is 42.5 Å². The van der Waals surface area contributed by atoms with E-state index < -0.39 is 85.5 Å². The molecule has 0 saturated heterocycles. The summed E-state index contributed by atoms with van der Waals surface area (Å²) in [7, 11) is -1.30. The number of amides is 3. The van der Waals surface area contributed by atoms with E-state index >= 15 is 8.78 Å². The second kappa shape index (κ2) is 16.4. The Morgan fingerprint density at radius 3 is 1.92 bits per heavy atom. The van der Waals surface area contributed by atoms with E-state index in [0.29, 0.717) is 5.75 Å². The molecule has 3 amide bonds. The molecule has 0 heterocycles. The molecule has 0 aliphatic rings. The molecule has 0 saturated carbocycles. The molecule has 2 rings (SSSR count). The predicted molar refractivity (Wildman–Crippen MR) is 178 cm³/mol. The van der Waals surface area contributed by atoms with Gasteiger partial charge in [-0.3, -0.25) is 14.4 Å². The number of aliphatic hydroxyl groups excluding tert-OH is 1. The van der Waals surface area contributed by atoms with E-state index in [0.717, 1.165) is 18.2 Å². The number of ether oxygens (including phenoxy) is 1. The fourth-order valence-corrected chi connectivity index (χ4v) is 5.48. The Morgan fingerprint density at radius 2 is 1.45 bits per heavy atom. The number of rotatable bonds is 14. The number of hydrogen-bond donors (Lipinski definition) is 4. The first kappa shape index (κ1) is 42.2. The second-order valence-electron chi connectivity index (χ2n) is 13.3. The van der Waals surface area contributed by atoms with Gasteiger partial charge in [-0.15, -0.1) is 0 Å². The molecule has 0 spiro atoms. The van der Waals surface area contributed by atoms with Crippen LogP contribution in [0.25, 0.3) is 0 Å². The number of alkyl halides is 5. The van der Waals surface area contributed by atoms with Crippen molar-refractivity contribution in [3.63, 3.8) is 0 Å². The second-order valence-corrected chi connectivity index (χ2v) is 18.9.